The van der Waals surface area contributed by atoms with Gasteiger partial charge >= 0.3 is 5.97 Å². The normalized spacial score (nSPS) is 19.6. The minimum atomic E-state index is -1.24. The van der Waals surface area contributed by atoms with Gasteiger partial charge in [0, 0.05) is 30.4 Å². The highest BCUT2D eigenvalue weighted by atomic mass is 16.4. The summed E-state index contributed by atoms with van der Waals surface area (Å²) in [6.45, 7) is 1.87. The van der Waals surface area contributed by atoms with Crippen LogP contribution in [0, 0.1) is 12.3 Å². The molecule has 1 fully saturated rings. The highest BCUT2D eigenvalue weighted by Crippen LogP contribution is 2.37. The number of β-amino-alcohol motifs (C(OH)–C–C–N with tert-alkyl or cyclic N) is 1. The molecule has 3 rings (SSSR count). The number of carboxylic acid groups (broad SMARTS) is 3. The first-order valence-electron chi connectivity index (χ1n) is 10.3. The lowest BCUT2D eigenvalue weighted by Crippen LogP contribution is -2.55. The molecule has 11 nitrogen and oxygen atoms in total. The molecule has 6 N–H and O–H groups in total. The summed E-state index contributed by atoms with van der Waals surface area (Å²) in [6.07, 6.45) is 1.03. The number of carboxylic acids is 1. The number of piperidine rings is 1. The highest BCUT2D eigenvalue weighted by Gasteiger charge is 2.48. The van der Waals surface area contributed by atoms with Gasteiger partial charge < -0.3 is 30.6 Å². The molecule has 186 valence electrons. The van der Waals surface area contributed by atoms with Gasteiger partial charge in [-0.05, 0) is 31.9 Å². The number of benzene rings is 1. The first-order chi connectivity index (χ1) is 16.2. The Hall–Kier alpha value is -3.54. The number of aliphatic carboxylic acids is 1. The average molecular weight is 478 g/mol. The van der Waals surface area contributed by atoms with Gasteiger partial charge in [-0.3, -0.25) is 24.3 Å². The maximum atomic E-state index is 12.1. The van der Waals surface area contributed by atoms with E-state index in [1.165, 1.54) is 6.20 Å². The van der Waals surface area contributed by atoms with Crippen LogP contribution in [0.3, 0.4) is 0 Å². The van der Waals surface area contributed by atoms with Gasteiger partial charge in [0.25, 0.3) is 12.9 Å². The fraction of sp³-hybridized carbons (Fsp3) is 0.391. The van der Waals surface area contributed by atoms with E-state index in [0.717, 1.165) is 5.56 Å². The van der Waals surface area contributed by atoms with Gasteiger partial charge in [-0.2, -0.15) is 0 Å². The van der Waals surface area contributed by atoms with Crippen molar-refractivity contribution in [2.24, 2.45) is 5.41 Å². The molecule has 1 aliphatic heterocycles. The van der Waals surface area contributed by atoms with E-state index < -0.39 is 17.5 Å². The molecule has 2 heterocycles. The van der Waals surface area contributed by atoms with Crippen molar-refractivity contribution in [1.82, 2.24) is 9.88 Å². The van der Waals surface area contributed by atoms with E-state index in [-0.39, 0.29) is 44.7 Å². The number of carbonyl (C=O) groups is 3. The predicted octanol–water partition coefficient (Wildman–Crippen LogP) is 0.870. The number of aryl methyl sites for hydroxylation is 1. The molecule has 0 bridgehead atoms. The monoisotopic (exact) mass is 478 g/mol. The van der Waals surface area contributed by atoms with Gasteiger partial charge in [0.2, 0.25) is 0 Å². The van der Waals surface area contributed by atoms with Gasteiger partial charge in [-0.15, -0.1) is 0 Å². The molecule has 0 saturated carbocycles. The summed E-state index contributed by atoms with van der Waals surface area (Å²) in [4.78, 5) is 34.8. The van der Waals surface area contributed by atoms with Crippen molar-refractivity contribution in [3.8, 4) is 5.75 Å². The number of rotatable bonds is 6. The molecule has 11 heteroatoms. The predicted molar refractivity (Wildman–Crippen MR) is 120 cm³/mol. The standard InChI is InChI=1S/C21H26N2O5.2CH2O2/c1-14-19(26)17(16(13-24)10-22-14)11-23-8-7-21(20(27)28,18(25)12-23)9-15-5-3-2-4-6-15;2*2-1-3/h2-6,10,18,24-26H,7-9,11-13H2,1H3,(H,27,28);2*1H,(H,2,3)/t18-,21+;;/m0../s1. The summed E-state index contributed by atoms with van der Waals surface area (Å²) >= 11 is 0. The summed E-state index contributed by atoms with van der Waals surface area (Å²) in [5.74, 6) is -0.970. The third kappa shape index (κ3) is 7.24. The SMILES string of the molecule is Cc1ncc(CO)c(CN2CC[C@](Cc3ccccc3)(C(=O)O)[C@@H](O)C2)c1O.O=CO.O=CO. The van der Waals surface area contributed by atoms with Crippen LogP contribution in [-0.2, 0) is 34.0 Å². The van der Waals surface area contributed by atoms with Gasteiger partial charge in [-0.1, -0.05) is 30.3 Å². The molecule has 2 atom stereocenters. The Labute approximate surface area is 196 Å². The maximum Gasteiger partial charge on any atom is 0.312 e. The molecule has 2 aromatic rings. The highest BCUT2D eigenvalue weighted by molar-refractivity contribution is 5.76. The van der Waals surface area contributed by atoms with Gasteiger partial charge in [-0.25, -0.2) is 0 Å². The quantitative estimate of drug-likeness (QED) is 0.323. The number of hydrogen-bond acceptors (Lipinski definition) is 8. The van der Waals surface area contributed by atoms with Crippen LogP contribution in [0.4, 0.5) is 0 Å². The molecule has 1 aliphatic rings. The van der Waals surface area contributed by atoms with Crippen molar-refractivity contribution in [1.29, 1.82) is 0 Å². The van der Waals surface area contributed by atoms with Crippen molar-refractivity contribution >= 4 is 18.9 Å². The third-order valence-electron chi connectivity index (χ3n) is 5.71. The Bertz CT molecular complexity index is 934. The van der Waals surface area contributed by atoms with Crippen molar-refractivity contribution in [2.45, 2.75) is 39.0 Å². The summed E-state index contributed by atoms with van der Waals surface area (Å²) in [7, 11) is 0. The van der Waals surface area contributed by atoms with Crippen LogP contribution in [0.5, 0.6) is 5.75 Å². The number of aliphatic hydroxyl groups excluding tert-OH is 2. The fourth-order valence-corrected chi connectivity index (χ4v) is 3.89. The van der Waals surface area contributed by atoms with Crippen LogP contribution in [0.25, 0.3) is 0 Å². The summed E-state index contributed by atoms with van der Waals surface area (Å²) in [6, 6.07) is 9.33. The largest absolute Gasteiger partial charge is 0.506 e. The summed E-state index contributed by atoms with van der Waals surface area (Å²) < 4.78 is 0. The van der Waals surface area contributed by atoms with Crippen LogP contribution in [0.1, 0.15) is 28.8 Å². The number of aliphatic hydroxyl groups is 2. The minimum Gasteiger partial charge on any atom is -0.506 e. The molecular formula is C23H30N2O9. The average Bonchev–Trinajstić information content (AvgIpc) is 2.80. The molecule has 0 radical (unpaired) electrons. The maximum absolute atomic E-state index is 12.1. The van der Waals surface area contributed by atoms with E-state index in [1.807, 2.05) is 35.2 Å². The third-order valence-corrected chi connectivity index (χ3v) is 5.71. The lowest BCUT2D eigenvalue weighted by molar-refractivity contribution is -0.163. The van der Waals surface area contributed by atoms with E-state index in [9.17, 15) is 25.2 Å². The van der Waals surface area contributed by atoms with Crippen molar-refractivity contribution in [2.75, 3.05) is 13.1 Å². The van der Waals surface area contributed by atoms with E-state index >= 15 is 0 Å². The molecule has 0 aliphatic carbocycles. The van der Waals surface area contributed by atoms with Crippen LogP contribution in [0.2, 0.25) is 0 Å². The Morgan fingerprint density at radius 3 is 2.29 bits per heavy atom. The summed E-state index contributed by atoms with van der Waals surface area (Å²) in [5, 5.41) is 54.4. The van der Waals surface area contributed by atoms with Crippen molar-refractivity contribution in [3.05, 3.63) is 58.9 Å². The zero-order valence-corrected chi connectivity index (χ0v) is 18.7. The zero-order valence-electron chi connectivity index (χ0n) is 18.7. The number of likely N-dealkylation sites (tertiary alicyclic amines) is 1. The van der Waals surface area contributed by atoms with Crippen LogP contribution in [-0.4, -0.2) is 78.6 Å². The molecule has 34 heavy (non-hydrogen) atoms. The number of pyridine rings is 1. The molecule has 1 aromatic carbocycles. The van der Waals surface area contributed by atoms with Gasteiger partial charge in [0.05, 0.1) is 18.4 Å². The lowest BCUT2D eigenvalue weighted by Gasteiger charge is -2.43. The topological polar surface area (TPSA) is 189 Å². The fourth-order valence-electron chi connectivity index (χ4n) is 3.89. The van der Waals surface area contributed by atoms with Crippen LogP contribution in [0.15, 0.2) is 36.5 Å². The Kier molecular flexibility index (Phi) is 11.6. The van der Waals surface area contributed by atoms with E-state index in [0.29, 0.717) is 29.9 Å². The first kappa shape index (κ1) is 28.5. The Morgan fingerprint density at radius 2 is 1.79 bits per heavy atom. The number of aromatic hydroxyl groups is 1. The van der Waals surface area contributed by atoms with Crippen molar-refractivity contribution < 1.29 is 45.0 Å². The molecular weight excluding hydrogens is 448 g/mol. The Balaban J connectivity index is 0.000000872. The second kappa shape index (κ2) is 13.9. The molecule has 1 saturated heterocycles. The van der Waals surface area contributed by atoms with Gasteiger partial charge in [0.1, 0.15) is 11.2 Å². The zero-order chi connectivity index (χ0) is 25.7. The van der Waals surface area contributed by atoms with E-state index in [1.54, 1.807) is 6.92 Å². The van der Waals surface area contributed by atoms with Crippen LogP contribution < -0.4 is 0 Å². The molecule has 1 aromatic heterocycles. The molecule has 0 spiro atoms. The Morgan fingerprint density at radius 1 is 1.21 bits per heavy atom. The second-order valence-corrected chi connectivity index (χ2v) is 7.69. The number of nitrogens with zero attached hydrogens (tertiary/aromatic N) is 2. The van der Waals surface area contributed by atoms with Gasteiger partial charge in [0.15, 0.2) is 0 Å². The first-order valence-corrected chi connectivity index (χ1v) is 10.3. The van der Waals surface area contributed by atoms with Crippen molar-refractivity contribution in [3.63, 3.8) is 0 Å². The molecule has 0 unspecified atom stereocenters. The molecule has 0 amide bonds. The summed E-state index contributed by atoms with van der Waals surface area (Å²) in [5.41, 5.74) is 1.19. The number of hydrogen-bond donors (Lipinski definition) is 6. The second-order valence-electron chi connectivity index (χ2n) is 7.69. The smallest absolute Gasteiger partial charge is 0.312 e. The lowest BCUT2D eigenvalue weighted by atomic mass is 9.71. The van der Waals surface area contributed by atoms with Crippen LogP contribution >= 0.6 is 0 Å². The van der Waals surface area contributed by atoms with E-state index in [2.05, 4.69) is 4.98 Å². The number of aromatic nitrogens is 1. The minimum absolute atomic E-state index is 0.0281. The van der Waals surface area contributed by atoms with E-state index in [4.69, 9.17) is 19.8 Å².